The van der Waals surface area contributed by atoms with Gasteiger partial charge in [-0.15, -0.1) is 0 Å². The van der Waals surface area contributed by atoms with Gasteiger partial charge in [-0.2, -0.15) is 0 Å². The monoisotopic (exact) mass is 356 g/mol. The van der Waals surface area contributed by atoms with E-state index in [1.54, 1.807) is 25.1 Å². The molecule has 124 valence electrons. The molecule has 23 heavy (non-hydrogen) atoms. The SMILES string of the molecule is CC1=C(C(=O)OCC(C)C)C(c2c(Cl)cccc2Cl)NC(=O)N1. The molecule has 0 spiro atoms. The standard InChI is InChI=1S/C16H18Cl2N2O3/c1-8(2)7-23-15(21)12-9(3)19-16(22)20-14(12)13-10(17)5-4-6-11(13)18/h4-6,8,14H,7H2,1-3H3,(H2,19,20,22). The van der Waals surface area contributed by atoms with E-state index in [0.29, 0.717) is 26.9 Å². The van der Waals surface area contributed by atoms with E-state index in [1.165, 1.54) is 0 Å². The fourth-order valence-electron chi connectivity index (χ4n) is 2.29. The second-order valence-electron chi connectivity index (χ2n) is 5.70. The first-order valence-electron chi connectivity index (χ1n) is 7.20. The average molecular weight is 357 g/mol. The number of amides is 2. The van der Waals surface area contributed by atoms with Crippen LogP contribution in [-0.2, 0) is 9.53 Å². The third kappa shape index (κ3) is 3.98. The van der Waals surface area contributed by atoms with Crippen LogP contribution in [0.5, 0.6) is 0 Å². The minimum Gasteiger partial charge on any atom is -0.462 e. The maximum absolute atomic E-state index is 12.5. The lowest BCUT2D eigenvalue weighted by atomic mass is 9.95. The molecule has 0 aromatic heterocycles. The summed E-state index contributed by atoms with van der Waals surface area (Å²) in [5.41, 5.74) is 1.19. The molecule has 0 saturated heterocycles. The number of benzene rings is 1. The smallest absolute Gasteiger partial charge is 0.338 e. The Morgan fingerprint density at radius 2 is 1.91 bits per heavy atom. The molecule has 1 aromatic carbocycles. The van der Waals surface area contributed by atoms with E-state index in [-0.39, 0.29) is 12.5 Å². The number of urea groups is 1. The van der Waals surface area contributed by atoms with Gasteiger partial charge in [0.1, 0.15) is 0 Å². The van der Waals surface area contributed by atoms with E-state index in [9.17, 15) is 9.59 Å². The Morgan fingerprint density at radius 1 is 1.30 bits per heavy atom. The zero-order valence-corrected chi connectivity index (χ0v) is 14.6. The Balaban J connectivity index is 2.44. The number of nitrogens with one attached hydrogen (secondary N) is 2. The fourth-order valence-corrected chi connectivity index (χ4v) is 2.90. The molecular weight excluding hydrogens is 339 g/mol. The largest absolute Gasteiger partial charge is 0.462 e. The van der Waals surface area contributed by atoms with Crippen LogP contribution in [0.25, 0.3) is 0 Å². The van der Waals surface area contributed by atoms with E-state index in [0.717, 1.165) is 0 Å². The quantitative estimate of drug-likeness (QED) is 0.805. The molecule has 1 aliphatic rings. The summed E-state index contributed by atoms with van der Waals surface area (Å²) in [7, 11) is 0. The molecule has 1 heterocycles. The fraction of sp³-hybridized carbons (Fsp3) is 0.375. The molecule has 0 radical (unpaired) electrons. The van der Waals surface area contributed by atoms with E-state index in [2.05, 4.69) is 10.6 Å². The zero-order valence-electron chi connectivity index (χ0n) is 13.1. The van der Waals surface area contributed by atoms with Crippen LogP contribution in [0.1, 0.15) is 32.4 Å². The lowest BCUT2D eigenvalue weighted by Gasteiger charge is -2.29. The van der Waals surface area contributed by atoms with Crippen LogP contribution in [-0.4, -0.2) is 18.6 Å². The predicted octanol–water partition coefficient (Wildman–Crippen LogP) is 3.82. The molecule has 7 heteroatoms. The van der Waals surface area contributed by atoms with Crippen LogP contribution < -0.4 is 10.6 Å². The number of allylic oxidation sites excluding steroid dienone is 1. The van der Waals surface area contributed by atoms with E-state index in [1.807, 2.05) is 13.8 Å². The zero-order chi connectivity index (χ0) is 17.1. The maximum atomic E-state index is 12.5. The molecule has 0 saturated carbocycles. The average Bonchev–Trinajstić information content (AvgIpc) is 2.44. The predicted molar refractivity (Wildman–Crippen MR) is 89.4 cm³/mol. The summed E-state index contributed by atoms with van der Waals surface area (Å²) >= 11 is 12.4. The van der Waals surface area contributed by atoms with Crippen LogP contribution in [0, 0.1) is 5.92 Å². The van der Waals surface area contributed by atoms with Crippen molar-refractivity contribution >= 4 is 35.2 Å². The van der Waals surface area contributed by atoms with Gasteiger partial charge in [0.2, 0.25) is 0 Å². The van der Waals surface area contributed by atoms with Crippen LogP contribution in [0.4, 0.5) is 4.79 Å². The second-order valence-corrected chi connectivity index (χ2v) is 6.51. The first-order chi connectivity index (χ1) is 10.8. The summed E-state index contributed by atoms with van der Waals surface area (Å²) in [5.74, 6) is -0.307. The highest BCUT2D eigenvalue weighted by Gasteiger charge is 2.34. The van der Waals surface area contributed by atoms with Gasteiger partial charge in [0.05, 0.1) is 18.2 Å². The van der Waals surface area contributed by atoms with Crippen molar-refractivity contribution in [2.45, 2.75) is 26.8 Å². The Hall–Kier alpha value is -1.72. The van der Waals surface area contributed by atoms with Gasteiger partial charge >= 0.3 is 12.0 Å². The highest BCUT2D eigenvalue weighted by Crippen LogP contribution is 2.36. The number of carbonyl (C=O) groups is 2. The van der Waals surface area contributed by atoms with Gasteiger partial charge in [-0.05, 0) is 25.0 Å². The third-order valence-corrected chi connectivity index (χ3v) is 3.98. The molecule has 0 fully saturated rings. The molecule has 2 N–H and O–H groups in total. The van der Waals surface area contributed by atoms with Crippen LogP contribution in [0.2, 0.25) is 10.0 Å². The third-order valence-electron chi connectivity index (χ3n) is 3.33. The van der Waals surface area contributed by atoms with Gasteiger partial charge < -0.3 is 15.4 Å². The van der Waals surface area contributed by atoms with E-state index in [4.69, 9.17) is 27.9 Å². The molecule has 2 amide bonds. The molecule has 0 bridgehead atoms. The number of hydrogen-bond donors (Lipinski definition) is 2. The molecule has 1 aliphatic heterocycles. The lowest BCUT2D eigenvalue weighted by Crippen LogP contribution is -2.45. The second kappa shape index (κ2) is 7.23. The summed E-state index contributed by atoms with van der Waals surface area (Å²) in [6.45, 7) is 5.81. The van der Waals surface area contributed by atoms with Gasteiger partial charge in [0.15, 0.2) is 0 Å². The molecule has 0 aliphatic carbocycles. The van der Waals surface area contributed by atoms with E-state index < -0.39 is 18.0 Å². The topological polar surface area (TPSA) is 67.4 Å². The number of rotatable bonds is 4. The minimum atomic E-state index is -0.760. The van der Waals surface area contributed by atoms with Gasteiger partial charge in [-0.1, -0.05) is 43.1 Å². The Bertz CT molecular complexity index is 651. The summed E-state index contributed by atoms with van der Waals surface area (Å²) in [6.07, 6.45) is 0. The van der Waals surface area contributed by atoms with Gasteiger partial charge in [-0.25, -0.2) is 9.59 Å². The first-order valence-corrected chi connectivity index (χ1v) is 7.96. The van der Waals surface area contributed by atoms with Crippen LogP contribution in [0.15, 0.2) is 29.5 Å². The van der Waals surface area contributed by atoms with Crippen molar-refractivity contribution < 1.29 is 14.3 Å². The Labute approximate surface area is 145 Å². The normalized spacial score (nSPS) is 17.8. The summed E-state index contributed by atoms with van der Waals surface area (Å²) < 4.78 is 5.31. The Kier molecular flexibility index (Phi) is 5.55. The van der Waals surface area contributed by atoms with Crippen molar-refractivity contribution in [3.8, 4) is 0 Å². The molecule has 5 nitrogen and oxygen atoms in total. The molecule has 2 rings (SSSR count). The number of ether oxygens (including phenoxy) is 1. The van der Waals surface area contributed by atoms with Crippen molar-refractivity contribution in [2.75, 3.05) is 6.61 Å². The van der Waals surface area contributed by atoms with Crippen LogP contribution >= 0.6 is 23.2 Å². The van der Waals surface area contributed by atoms with Crippen molar-refractivity contribution in [3.63, 3.8) is 0 Å². The molecule has 1 aromatic rings. The minimum absolute atomic E-state index is 0.202. The van der Waals surface area contributed by atoms with Gasteiger partial charge in [-0.3, -0.25) is 0 Å². The van der Waals surface area contributed by atoms with Crippen molar-refractivity contribution in [1.82, 2.24) is 10.6 Å². The maximum Gasteiger partial charge on any atom is 0.338 e. The van der Waals surface area contributed by atoms with Gasteiger partial charge in [0, 0.05) is 21.3 Å². The lowest BCUT2D eigenvalue weighted by molar-refractivity contribution is -0.140. The van der Waals surface area contributed by atoms with Crippen LogP contribution in [0.3, 0.4) is 0 Å². The van der Waals surface area contributed by atoms with Gasteiger partial charge in [0.25, 0.3) is 0 Å². The molecule has 1 atom stereocenters. The highest BCUT2D eigenvalue weighted by atomic mass is 35.5. The first kappa shape index (κ1) is 17.6. The highest BCUT2D eigenvalue weighted by molar-refractivity contribution is 6.36. The molecular formula is C16H18Cl2N2O3. The number of halogens is 2. The number of esters is 1. The van der Waals surface area contributed by atoms with E-state index >= 15 is 0 Å². The van der Waals surface area contributed by atoms with Crippen molar-refractivity contribution in [3.05, 3.63) is 45.1 Å². The summed E-state index contributed by atoms with van der Waals surface area (Å²) in [5, 5.41) is 6.00. The number of carbonyl (C=O) groups excluding carboxylic acids is 2. The summed E-state index contributed by atoms with van der Waals surface area (Å²) in [4.78, 5) is 24.3. The Morgan fingerprint density at radius 3 is 2.48 bits per heavy atom. The summed E-state index contributed by atoms with van der Waals surface area (Å²) in [6, 6.07) is 3.82. The van der Waals surface area contributed by atoms with Crippen molar-refractivity contribution in [1.29, 1.82) is 0 Å². The molecule has 1 unspecified atom stereocenters. The number of hydrogen-bond acceptors (Lipinski definition) is 3. The van der Waals surface area contributed by atoms with Crippen molar-refractivity contribution in [2.24, 2.45) is 5.92 Å².